The lowest BCUT2D eigenvalue weighted by Gasteiger charge is -2.28. The minimum absolute atomic E-state index is 0.294. The topological polar surface area (TPSA) is 71.5 Å². The van der Waals surface area contributed by atoms with Gasteiger partial charge in [0.15, 0.2) is 0 Å². The molecule has 5 nitrogen and oxygen atoms in total. The van der Waals surface area contributed by atoms with Crippen LogP contribution in [0.3, 0.4) is 0 Å². The van der Waals surface area contributed by atoms with Crippen molar-refractivity contribution in [3.63, 3.8) is 0 Å². The van der Waals surface area contributed by atoms with Gasteiger partial charge in [0.05, 0.1) is 0 Å². The summed E-state index contributed by atoms with van der Waals surface area (Å²) in [6.07, 6.45) is 2.47. The number of halogens is 1. The molecule has 0 aliphatic carbocycles. The SMILES string of the molecule is O=C(O)COC1(c2ccc(Br)nc2)CCNC1. The molecule has 1 aliphatic rings. The number of pyridine rings is 1. The molecule has 1 fully saturated rings. The first-order chi connectivity index (χ1) is 8.12. The minimum atomic E-state index is -0.957. The lowest BCUT2D eigenvalue weighted by Crippen LogP contribution is -2.34. The second-order valence-corrected chi connectivity index (χ2v) is 4.79. The molecule has 1 unspecified atom stereocenters. The zero-order valence-corrected chi connectivity index (χ0v) is 10.7. The van der Waals surface area contributed by atoms with Crippen molar-refractivity contribution in [3.05, 3.63) is 28.5 Å². The van der Waals surface area contributed by atoms with Crippen LogP contribution in [0.5, 0.6) is 0 Å². The second-order valence-electron chi connectivity index (χ2n) is 3.97. The Kier molecular flexibility index (Phi) is 3.76. The van der Waals surface area contributed by atoms with E-state index in [4.69, 9.17) is 9.84 Å². The Balaban J connectivity index is 2.21. The van der Waals surface area contributed by atoms with Crippen LogP contribution >= 0.6 is 15.9 Å². The number of carbonyl (C=O) groups is 1. The van der Waals surface area contributed by atoms with E-state index in [2.05, 4.69) is 26.2 Å². The van der Waals surface area contributed by atoms with Crippen molar-refractivity contribution in [3.8, 4) is 0 Å². The number of hydrogen-bond acceptors (Lipinski definition) is 4. The highest BCUT2D eigenvalue weighted by molar-refractivity contribution is 9.10. The fourth-order valence-electron chi connectivity index (χ4n) is 1.97. The molecule has 1 aromatic heterocycles. The Bertz CT molecular complexity index is 402. The summed E-state index contributed by atoms with van der Waals surface area (Å²) >= 11 is 3.27. The van der Waals surface area contributed by atoms with Gasteiger partial charge in [-0.05, 0) is 35.0 Å². The van der Waals surface area contributed by atoms with Crippen LogP contribution in [-0.4, -0.2) is 35.8 Å². The molecule has 1 aromatic rings. The van der Waals surface area contributed by atoms with Crippen LogP contribution < -0.4 is 5.32 Å². The van der Waals surface area contributed by atoms with E-state index in [0.29, 0.717) is 6.54 Å². The third kappa shape index (κ3) is 2.83. The number of carboxylic acids is 1. The molecule has 0 radical (unpaired) electrons. The molecule has 0 spiro atoms. The number of hydrogen-bond donors (Lipinski definition) is 2. The predicted molar refractivity (Wildman–Crippen MR) is 64.7 cm³/mol. The Morgan fingerprint density at radius 2 is 2.47 bits per heavy atom. The van der Waals surface area contributed by atoms with Crippen LogP contribution in [0.15, 0.2) is 22.9 Å². The first-order valence-corrected chi connectivity index (χ1v) is 6.10. The molecule has 17 heavy (non-hydrogen) atoms. The smallest absolute Gasteiger partial charge is 0.329 e. The number of aromatic nitrogens is 1. The fraction of sp³-hybridized carbons (Fsp3) is 0.455. The Morgan fingerprint density at radius 1 is 1.65 bits per heavy atom. The van der Waals surface area contributed by atoms with Crippen LogP contribution in [0.25, 0.3) is 0 Å². The van der Waals surface area contributed by atoms with E-state index >= 15 is 0 Å². The van der Waals surface area contributed by atoms with Gasteiger partial charge in [-0.1, -0.05) is 6.07 Å². The molecule has 1 aliphatic heterocycles. The number of aliphatic carboxylic acids is 1. The van der Waals surface area contributed by atoms with Crippen molar-refractivity contribution in [1.82, 2.24) is 10.3 Å². The molecule has 1 atom stereocenters. The van der Waals surface area contributed by atoms with E-state index < -0.39 is 11.6 Å². The van der Waals surface area contributed by atoms with E-state index in [-0.39, 0.29) is 6.61 Å². The van der Waals surface area contributed by atoms with Crippen molar-refractivity contribution < 1.29 is 14.6 Å². The van der Waals surface area contributed by atoms with E-state index in [1.54, 1.807) is 6.20 Å². The first kappa shape index (κ1) is 12.5. The van der Waals surface area contributed by atoms with Gasteiger partial charge in [-0.2, -0.15) is 0 Å². The molecule has 2 rings (SSSR count). The van der Waals surface area contributed by atoms with Gasteiger partial charge in [0.2, 0.25) is 0 Å². The highest BCUT2D eigenvalue weighted by Crippen LogP contribution is 2.32. The number of nitrogens with zero attached hydrogens (tertiary/aromatic N) is 1. The summed E-state index contributed by atoms with van der Waals surface area (Å²) in [5, 5.41) is 11.9. The number of ether oxygens (including phenoxy) is 1. The summed E-state index contributed by atoms with van der Waals surface area (Å²) < 4.78 is 6.31. The predicted octanol–water partition coefficient (Wildman–Crippen LogP) is 1.13. The lowest BCUT2D eigenvalue weighted by atomic mass is 9.94. The molecule has 92 valence electrons. The molecule has 0 aromatic carbocycles. The summed E-state index contributed by atoms with van der Waals surface area (Å²) in [6, 6.07) is 3.74. The minimum Gasteiger partial charge on any atom is -0.480 e. The van der Waals surface area contributed by atoms with Gasteiger partial charge in [-0.15, -0.1) is 0 Å². The summed E-state index contributed by atoms with van der Waals surface area (Å²) in [5.41, 5.74) is 0.346. The van der Waals surface area contributed by atoms with Crippen LogP contribution in [-0.2, 0) is 15.1 Å². The third-order valence-corrected chi connectivity index (χ3v) is 3.31. The van der Waals surface area contributed by atoms with Crippen molar-refractivity contribution in [1.29, 1.82) is 0 Å². The zero-order valence-electron chi connectivity index (χ0n) is 9.15. The highest BCUT2D eigenvalue weighted by atomic mass is 79.9. The number of nitrogens with one attached hydrogen (secondary N) is 1. The average Bonchev–Trinajstić information content (AvgIpc) is 2.77. The standard InChI is InChI=1S/C11H13BrN2O3/c12-9-2-1-8(5-14-9)11(3-4-13-7-11)17-6-10(15)16/h1-2,5,13H,3-4,6-7H2,(H,15,16). The van der Waals surface area contributed by atoms with Gasteiger partial charge in [0, 0.05) is 18.3 Å². The molecule has 0 bridgehead atoms. The third-order valence-electron chi connectivity index (χ3n) is 2.84. The van der Waals surface area contributed by atoms with Crippen molar-refractivity contribution in [2.45, 2.75) is 12.0 Å². The maximum atomic E-state index is 10.6. The molecular formula is C11H13BrN2O3. The first-order valence-electron chi connectivity index (χ1n) is 5.31. The van der Waals surface area contributed by atoms with Crippen LogP contribution in [0.4, 0.5) is 0 Å². The van der Waals surface area contributed by atoms with Crippen molar-refractivity contribution in [2.75, 3.05) is 19.7 Å². The van der Waals surface area contributed by atoms with E-state index in [0.717, 1.165) is 23.1 Å². The molecule has 0 amide bonds. The van der Waals surface area contributed by atoms with Crippen LogP contribution in [0.1, 0.15) is 12.0 Å². The maximum Gasteiger partial charge on any atom is 0.329 e. The summed E-state index contributed by atoms with van der Waals surface area (Å²) in [4.78, 5) is 14.8. The second kappa shape index (κ2) is 5.12. The molecule has 1 saturated heterocycles. The van der Waals surface area contributed by atoms with E-state index in [1.165, 1.54) is 0 Å². The van der Waals surface area contributed by atoms with Crippen LogP contribution in [0.2, 0.25) is 0 Å². The van der Waals surface area contributed by atoms with Gasteiger partial charge in [0.25, 0.3) is 0 Å². The Morgan fingerprint density at radius 3 is 3.00 bits per heavy atom. The van der Waals surface area contributed by atoms with Crippen molar-refractivity contribution >= 4 is 21.9 Å². The number of rotatable bonds is 4. The molecule has 0 saturated carbocycles. The quantitative estimate of drug-likeness (QED) is 0.816. The lowest BCUT2D eigenvalue weighted by molar-refractivity contribution is -0.149. The van der Waals surface area contributed by atoms with Gasteiger partial charge in [0.1, 0.15) is 16.8 Å². The highest BCUT2D eigenvalue weighted by Gasteiger charge is 2.37. The van der Waals surface area contributed by atoms with Gasteiger partial charge < -0.3 is 15.2 Å². The molecule has 2 heterocycles. The Hall–Kier alpha value is -0.980. The van der Waals surface area contributed by atoms with Gasteiger partial charge >= 0.3 is 5.97 Å². The van der Waals surface area contributed by atoms with Gasteiger partial charge in [-0.25, -0.2) is 9.78 Å². The normalized spacial score (nSPS) is 23.8. The van der Waals surface area contributed by atoms with Gasteiger partial charge in [-0.3, -0.25) is 0 Å². The summed E-state index contributed by atoms with van der Waals surface area (Å²) in [5.74, 6) is -0.957. The zero-order chi connectivity index (χ0) is 12.3. The monoisotopic (exact) mass is 300 g/mol. The molecular weight excluding hydrogens is 288 g/mol. The number of carboxylic acid groups (broad SMARTS) is 1. The Labute approximate surface area is 107 Å². The average molecular weight is 301 g/mol. The fourth-order valence-corrected chi connectivity index (χ4v) is 2.20. The molecule has 6 heteroatoms. The van der Waals surface area contributed by atoms with Crippen LogP contribution in [0, 0.1) is 0 Å². The summed E-state index contributed by atoms with van der Waals surface area (Å²) in [6.45, 7) is 1.14. The summed E-state index contributed by atoms with van der Waals surface area (Å²) in [7, 11) is 0. The molecule has 2 N–H and O–H groups in total. The largest absolute Gasteiger partial charge is 0.480 e. The van der Waals surface area contributed by atoms with Crippen molar-refractivity contribution in [2.24, 2.45) is 0 Å². The van der Waals surface area contributed by atoms with E-state index in [1.807, 2.05) is 12.1 Å². The maximum absolute atomic E-state index is 10.6. The van der Waals surface area contributed by atoms with E-state index in [9.17, 15) is 4.79 Å².